The summed E-state index contributed by atoms with van der Waals surface area (Å²) in [7, 11) is 1.62. The highest BCUT2D eigenvalue weighted by Crippen LogP contribution is 2.35. The molecule has 0 spiro atoms. The largest absolute Gasteiger partial charge is 0.496 e. The van der Waals surface area contributed by atoms with Crippen molar-refractivity contribution in [2.45, 2.75) is 12.1 Å². The lowest BCUT2D eigenvalue weighted by Gasteiger charge is -2.42. The lowest BCUT2D eigenvalue weighted by molar-refractivity contribution is 0.0359. The molecule has 174 valence electrons. The van der Waals surface area contributed by atoms with Gasteiger partial charge in [0.25, 0.3) is 0 Å². The first-order valence-corrected chi connectivity index (χ1v) is 11.6. The van der Waals surface area contributed by atoms with Crippen molar-refractivity contribution in [2.75, 3.05) is 38.2 Å². The van der Waals surface area contributed by atoms with Crippen LogP contribution in [0, 0.1) is 0 Å². The van der Waals surface area contributed by atoms with E-state index >= 15 is 0 Å². The van der Waals surface area contributed by atoms with Crippen LogP contribution in [0.1, 0.15) is 22.0 Å². The summed E-state index contributed by atoms with van der Waals surface area (Å²) in [6.45, 7) is 3.05. The van der Waals surface area contributed by atoms with Gasteiger partial charge in [-0.2, -0.15) is 0 Å². The maximum Gasteiger partial charge on any atom is 0.195 e. The molecule has 1 aliphatic heterocycles. The number of hydrogen-bond donors (Lipinski definition) is 2. The summed E-state index contributed by atoms with van der Waals surface area (Å²) >= 11 is 0. The molecule has 0 saturated carbocycles. The zero-order chi connectivity index (χ0) is 23.5. The molecule has 0 aliphatic carbocycles. The predicted octanol–water partition coefficient (Wildman–Crippen LogP) is 4.28. The van der Waals surface area contributed by atoms with Crippen molar-refractivity contribution in [2.24, 2.45) is 0 Å². The fourth-order valence-electron chi connectivity index (χ4n) is 4.95. The van der Waals surface area contributed by atoms with Crippen LogP contribution in [-0.4, -0.2) is 60.2 Å². The Bertz CT molecular complexity index is 1260. The number of aromatic nitrogens is 1. The van der Waals surface area contributed by atoms with Crippen LogP contribution in [0.2, 0.25) is 0 Å². The van der Waals surface area contributed by atoms with Crippen LogP contribution in [-0.2, 0) is 0 Å². The van der Waals surface area contributed by atoms with Crippen molar-refractivity contribution >= 4 is 22.4 Å². The van der Waals surface area contributed by atoms with Crippen LogP contribution >= 0.6 is 0 Å². The first kappa shape index (κ1) is 22.2. The van der Waals surface area contributed by atoms with Crippen LogP contribution in [0.15, 0.2) is 85.1 Å². The number of carbonyl (C=O) groups is 1. The second-order valence-electron chi connectivity index (χ2n) is 8.60. The molecule has 1 aromatic heterocycles. The molecule has 34 heavy (non-hydrogen) atoms. The number of H-pyrrole nitrogens is 1. The van der Waals surface area contributed by atoms with E-state index in [0.29, 0.717) is 11.3 Å². The molecule has 5 rings (SSSR count). The fraction of sp³-hybridized carbons (Fsp3) is 0.250. The maximum absolute atomic E-state index is 13.6. The predicted molar refractivity (Wildman–Crippen MR) is 135 cm³/mol. The fourth-order valence-corrected chi connectivity index (χ4v) is 4.95. The normalized spacial score (nSPS) is 16.4. The minimum Gasteiger partial charge on any atom is -0.496 e. The van der Waals surface area contributed by atoms with Gasteiger partial charge in [-0.05, 0) is 24.3 Å². The van der Waals surface area contributed by atoms with Gasteiger partial charge in [0.05, 0.1) is 13.2 Å². The maximum atomic E-state index is 13.6. The number of aliphatic hydroxyl groups is 1. The SMILES string of the molecule is COc1ccccc1[C@H]([C@H](O)C(=O)c1c[nH]c2ccccc12)N1CCN(c2ccccc2)CC1. The van der Waals surface area contributed by atoms with Crippen LogP contribution in [0.5, 0.6) is 5.75 Å². The van der Waals surface area contributed by atoms with Crippen molar-refractivity contribution in [3.05, 3.63) is 96.2 Å². The Kier molecular flexibility index (Phi) is 6.34. The Balaban J connectivity index is 1.46. The van der Waals surface area contributed by atoms with Crippen molar-refractivity contribution < 1.29 is 14.6 Å². The summed E-state index contributed by atoms with van der Waals surface area (Å²) in [5.41, 5.74) is 3.39. The minimum atomic E-state index is -1.24. The third kappa shape index (κ3) is 4.18. The van der Waals surface area contributed by atoms with Gasteiger partial charge in [0, 0.05) is 60.1 Å². The second-order valence-corrected chi connectivity index (χ2v) is 8.60. The Labute approximate surface area is 199 Å². The van der Waals surface area contributed by atoms with Crippen LogP contribution in [0.4, 0.5) is 5.69 Å². The molecular weight excluding hydrogens is 426 g/mol. The van der Waals surface area contributed by atoms with E-state index in [4.69, 9.17) is 4.74 Å². The molecule has 1 saturated heterocycles. The molecule has 4 aromatic rings. The molecule has 2 heterocycles. The van der Waals surface area contributed by atoms with Crippen molar-refractivity contribution in [1.82, 2.24) is 9.88 Å². The number of methoxy groups -OCH3 is 1. The standard InChI is InChI=1S/C28H29N3O3/c1-34-25-14-8-6-12-22(25)26(31-17-15-30(16-18-31)20-9-3-2-4-10-20)28(33)27(32)23-19-29-24-13-7-5-11-21(23)24/h2-14,19,26,28-29,33H,15-18H2,1H3/t26-,28+/m1/s1. The summed E-state index contributed by atoms with van der Waals surface area (Å²) in [6, 6.07) is 25.1. The first-order valence-electron chi connectivity index (χ1n) is 11.6. The number of fused-ring (bicyclic) bond motifs is 1. The van der Waals surface area contributed by atoms with E-state index in [0.717, 1.165) is 42.6 Å². The number of para-hydroxylation sites is 3. The molecular formula is C28H29N3O3. The second kappa shape index (κ2) is 9.71. The number of Topliss-reactive ketones (excluding diaryl/α,β-unsaturated/α-hetero) is 1. The third-order valence-corrected chi connectivity index (χ3v) is 6.71. The topological polar surface area (TPSA) is 68.8 Å². The smallest absolute Gasteiger partial charge is 0.195 e. The van der Waals surface area contributed by atoms with E-state index in [2.05, 4.69) is 26.9 Å². The molecule has 6 heteroatoms. The highest BCUT2D eigenvalue weighted by Gasteiger charge is 2.37. The monoisotopic (exact) mass is 455 g/mol. The molecule has 2 N–H and O–H groups in total. The summed E-state index contributed by atoms with van der Waals surface area (Å²) < 4.78 is 5.63. The van der Waals surface area contributed by atoms with Gasteiger partial charge in [-0.15, -0.1) is 0 Å². The lowest BCUT2D eigenvalue weighted by Crippen LogP contribution is -2.51. The number of aromatic amines is 1. The number of aliphatic hydroxyl groups excluding tert-OH is 1. The highest BCUT2D eigenvalue weighted by molar-refractivity contribution is 6.10. The van der Waals surface area contributed by atoms with Gasteiger partial charge in [-0.1, -0.05) is 54.6 Å². The van der Waals surface area contributed by atoms with E-state index in [9.17, 15) is 9.90 Å². The molecule has 1 fully saturated rings. The number of carbonyl (C=O) groups excluding carboxylic acids is 1. The quantitative estimate of drug-likeness (QED) is 0.407. The van der Waals surface area contributed by atoms with E-state index in [1.54, 1.807) is 13.3 Å². The number of nitrogens with one attached hydrogen (secondary N) is 1. The highest BCUT2D eigenvalue weighted by atomic mass is 16.5. The summed E-state index contributed by atoms with van der Waals surface area (Å²) in [4.78, 5) is 21.3. The lowest BCUT2D eigenvalue weighted by atomic mass is 9.92. The zero-order valence-electron chi connectivity index (χ0n) is 19.2. The summed E-state index contributed by atoms with van der Waals surface area (Å²) in [5.74, 6) is 0.377. The van der Waals surface area contributed by atoms with Crippen LogP contribution < -0.4 is 9.64 Å². The summed E-state index contributed by atoms with van der Waals surface area (Å²) in [5, 5.41) is 12.4. The third-order valence-electron chi connectivity index (χ3n) is 6.71. The Morgan fingerprint density at radius 3 is 2.35 bits per heavy atom. The van der Waals surface area contributed by atoms with Crippen molar-refractivity contribution in [3.8, 4) is 5.75 Å². The molecule has 0 unspecified atom stereocenters. The molecule has 1 aliphatic rings. The molecule has 0 radical (unpaired) electrons. The van der Waals surface area contributed by atoms with Crippen LogP contribution in [0.3, 0.4) is 0 Å². The van der Waals surface area contributed by atoms with Gasteiger partial charge in [-0.25, -0.2) is 0 Å². The minimum absolute atomic E-state index is 0.293. The number of anilines is 1. The van der Waals surface area contributed by atoms with Crippen molar-refractivity contribution in [1.29, 1.82) is 0 Å². The summed E-state index contributed by atoms with van der Waals surface area (Å²) in [6.07, 6.45) is 0.460. The first-order chi connectivity index (χ1) is 16.7. The van der Waals surface area contributed by atoms with Gasteiger partial charge in [0.1, 0.15) is 11.9 Å². The van der Waals surface area contributed by atoms with E-state index in [1.807, 2.05) is 66.7 Å². The molecule has 0 amide bonds. The molecule has 3 aromatic carbocycles. The van der Waals surface area contributed by atoms with Gasteiger partial charge < -0.3 is 19.7 Å². The molecule has 2 atom stereocenters. The molecule has 0 bridgehead atoms. The molecule has 6 nitrogen and oxygen atoms in total. The Hall–Kier alpha value is -3.61. The number of rotatable bonds is 7. The number of benzene rings is 3. The number of ether oxygens (including phenoxy) is 1. The number of nitrogens with zero attached hydrogens (tertiary/aromatic N) is 2. The van der Waals surface area contributed by atoms with Gasteiger partial charge in [-0.3, -0.25) is 9.69 Å². The van der Waals surface area contributed by atoms with E-state index in [-0.39, 0.29) is 5.78 Å². The van der Waals surface area contributed by atoms with Gasteiger partial charge in [0.15, 0.2) is 5.78 Å². The number of hydrogen-bond acceptors (Lipinski definition) is 5. The van der Waals surface area contributed by atoms with E-state index < -0.39 is 12.1 Å². The average Bonchev–Trinajstić information content (AvgIpc) is 3.34. The Morgan fingerprint density at radius 2 is 1.59 bits per heavy atom. The number of ketones is 1. The van der Waals surface area contributed by atoms with E-state index in [1.165, 1.54) is 5.69 Å². The van der Waals surface area contributed by atoms with Gasteiger partial charge in [0.2, 0.25) is 0 Å². The number of piperazine rings is 1. The zero-order valence-corrected chi connectivity index (χ0v) is 19.2. The van der Waals surface area contributed by atoms with Crippen LogP contribution in [0.25, 0.3) is 10.9 Å². The Morgan fingerprint density at radius 1 is 0.912 bits per heavy atom. The average molecular weight is 456 g/mol. The van der Waals surface area contributed by atoms with Gasteiger partial charge >= 0.3 is 0 Å². The van der Waals surface area contributed by atoms with Crippen molar-refractivity contribution in [3.63, 3.8) is 0 Å².